The first kappa shape index (κ1) is 19.2. The molecule has 8 heteroatoms. The van der Waals surface area contributed by atoms with E-state index in [-0.39, 0.29) is 5.56 Å². The van der Waals surface area contributed by atoms with Crippen LogP contribution in [-0.4, -0.2) is 25.0 Å². The van der Waals surface area contributed by atoms with Crippen LogP contribution in [0.3, 0.4) is 0 Å². The normalized spacial score (nSPS) is 10.5. The van der Waals surface area contributed by atoms with Crippen molar-refractivity contribution in [3.63, 3.8) is 0 Å². The van der Waals surface area contributed by atoms with Crippen LogP contribution in [0.2, 0.25) is 0 Å². The van der Waals surface area contributed by atoms with Crippen molar-refractivity contribution in [3.8, 4) is 0 Å². The van der Waals surface area contributed by atoms with Crippen molar-refractivity contribution in [2.45, 2.75) is 0 Å². The van der Waals surface area contributed by atoms with Crippen molar-refractivity contribution in [2.24, 2.45) is 0 Å². The molecule has 3 aromatic rings. The minimum absolute atomic E-state index is 0.124. The van der Waals surface area contributed by atoms with Crippen molar-refractivity contribution < 1.29 is 18.0 Å². The van der Waals surface area contributed by atoms with Gasteiger partial charge in [-0.25, -0.2) is 13.2 Å². The highest BCUT2D eigenvalue weighted by Crippen LogP contribution is 2.22. The predicted octanol–water partition coefficient (Wildman–Crippen LogP) is 4.56. The van der Waals surface area contributed by atoms with Gasteiger partial charge in [-0.1, -0.05) is 0 Å². The molecule has 0 atom stereocenters. The van der Waals surface area contributed by atoms with E-state index < -0.39 is 29.0 Å². The summed E-state index contributed by atoms with van der Waals surface area (Å²) in [6, 6.07) is 10.8. The van der Waals surface area contributed by atoms with E-state index in [1.54, 1.807) is 0 Å². The molecule has 1 amide bonds. The third-order valence-electron chi connectivity index (χ3n) is 3.96. The van der Waals surface area contributed by atoms with Gasteiger partial charge in [-0.2, -0.15) is 0 Å². The van der Waals surface area contributed by atoms with Crippen LogP contribution in [0.15, 0.2) is 54.9 Å². The van der Waals surface area contributed by atoms with Crippen molar-refractivity contribution in [3.05, 3.63) is 77.9 Å². The van der Waals surface area contributed by atoms with Crippen molar-refractivity contribution in [1.82, 2.24) is 4.98 Å². The summed E-state index contributed by atoms with van der Waals surface area (Å²) in [5, 5.41) is 5.32. The third-order valence-corrected chi connectivity index (χ3v) is 3.96. The first-order valence-electron chi connectivity index (χ1n) is 8.29. The van der Waals surface area contributed by atoms with Crippen molar-refractivity contribution in [1.29, 1.82) is 0 Å². The molecular formula is C20H17F3N4O. The Hall–Kier alpha value is -3.55. The van der Waals surface area contributed by atoms with E-state index in [2.05, 4.69) is 15.6 Å². The molecule has 5 nitrogen and oxygen atoms in total. The van der Waals surface area contributed by atoms with E-state index >= 15 is 0 Å². The fraction of sp³-hybridized carbons (Fsp3) is 0.100. The molecule has 0 unspecified atom stereocenters. The Morgan fingerprint density at radius 3 is 2.32 bits per heavy atom. The van der Waals surface area contributed by atoms with E-state index in [0.717, 1.165) is 23.5 Å². The van der Waals surface area contributed by atoms with E-state index in [1.165, 1.54) is 18.5 Å². The molecule has 0 bridgehead atoms. The lowest BCUT2D eigenvalue weighted by Gasteiger charge is -2.13. The second kappa shape index (κ2) is 7.99. The van der Waals surface area contributed by atoms with Gasteiger partial charge in [-0.15, -0.1) is 0 Å². The molecule has 0 aliphatic carbocycles. The van der Waals surface area contributed by atoms with Gasteiger partial charge in [0, 0.05) is 31.7 Å². The molecule has 1 heterocycles. The molecule has 0 saturated heterocycles. The summed E-state index contributed by atoms with van der Waals surface area (Å²) in [4.78, 5) is 18.3. The number of anilines is 4. The highest BCUT2D eigenvalue weighted by atomic mass is 19.2. The number of halogens is 3. The molecule has 0 fully saturated rings. The maximum absolute atomic E-state index is 13.7. The van der Waals surface area contributed by atoms with Crippen LogP contribution in [0, 0.1) is 17.5 Å². The summed E-state index contributed by atoms with van der Waals surface area (Å²) in [7, 11) is 3.87. The Bertz CT molecular complexity index is 1010. The van der Waals surface area contributed by atoms with Gasteiger partial charge in [-0.3, -0.25) is 9.78 Å². The number of hydrogen-bond donors (Lipinski definition) is 2. The molecular weight excluding hydrogens is 369 g/mol. The van der Waals surface area contributed by atoms with E-state index in [0.29, 0.717) is 5.69 Å². The number of benzene rings is 2. The van der Waals surface area contributed by atoms with E-state index in [4.69, 9.17) is 0 Å². The van der Waals surface area contributed by atoms with Gasteiger partial charge in [0.1, 0.15) is 0 Å². The maximum atomic E-state index is 13.7. The monoisotopic (exact) mass is 386 g/mol. The Morgan fingerprint density at radius 1 is 0.929 bits per heavy atom. The molecule has 0 saturated carbocycles. The molecule has 144 valence electrons. The predicted molar refractivity (Wildman–Crippen MR) is 103 cm³/mol. The summed E-state index contributed by atoms with van der Waals surface area (Å²) in [5.41, 5.74) is 2.03. The highest BCUT2D eigenvalue weighted by Gasteiger charge is 2.16. The topological polar surface area (TPSA) is 57.3 Å². The van der Waals surface area contributed by atoms with Crippen LogP contribution in [0.1, 0.15) is 10.4 Å². The first-order valence-corrected chi connectivity index (χ1v) is 8.29. The van der Waals surface area contributed by atoms with Crippen LogP contribution in [0.25, 0.3) is 0 Å². The zero-order chi connectivity index (χ0) is 20.3. The molecule has 1 aromatic heterocycles. The van der Waals surface area contributed by atoms with Gasteiger partial charge in [0.2, 0.25) is 0 Å². The van der Waals surface area contributed by atoms with Gasteiger partial charge in [0.15, 0.2) is 17.5 Å². The molecule has 0 aliphatic rings. The minimum atomic E-state index is -1.65. The summed E-state index contributed by atoms with van der Waals surface area (Å²) in [6.45, 7) is 0. The summed E-state index contributed by atoms with van der Waals surface area (Å²) in [6.07, 6.45) is 2.81. The third kappa shape index (κ3) is 4.22. The first-order chi connectivity index (χ1) is 13.3. The second-order valence-electron chi connectivity index (χ2n) is 6.21. The fourth-order valence-electron chi connectivity index (χ4n) is 2.46. The molecule has 28 heavy (non-hydrogen) atoms. The fourth-order valence-corrected chi connectivity index (χ4v) is 2.46. The lowest BCUT2D eigenvalue weighted by atomic mass is 10.2. The van der Waals surface area contributed by atoms with Crippen LogP contribution < -0.4 is 15.5 Å². The second-order valence-corrected chi connectivity index (χ2v) is 6.21. The van der Waals surface area contributed by atoms with Gasteiger partial charge in [0.25, 0.3) is 5.91 Å². The maximum Gasteiger partial charge on any atom is 0.257 e. The number of nitrogens with one attached hydrogen (secondary N) is 2. The Morgan fingerprint density at radius 2 is 1.64 bits per heavy atom. The molecule has 0 aliphatic heterocycles. The number of hydrogen-bond acceptors (Lipinski definition) is 4. The molecule has 0 radical (unpaired) electrons. The Balaban J connectivity index is 1.75. The van der Waals surface area contributed by atoms with Gasteiger partial charge in [-0.05, 0) is 42.5 Å². The number of carbonyl (C=O) groups is 1. The standard InChI is InChI=1S/C20H17F3N4O/c1-27(2)15-5-3-13(4-6-15)25-14-9-12(10-24-11-14)20(28)26-17-8-7-16(21)18(22)19(17)23/h3-11,25H,1-2H3,(H,26,28). The minimum Gasteiger partial charge on any atom is -0.378 e. The van der Waals surface area contributed by atoms with Gasteiger partial charge in [0.05, 0.1) is 23.1 Å². The summed E-state index contributed by atoms with van der Waals surface area (Å²) in [5.74, 6) is -5.14. The lowest BCUT2D eigenvalue weighted by molar-refractivity contribution is 0.102. The quantitative estimate of drug-likeness (QED) is 0.631. The SMILES string of the molecule is CN(C)c1ccc(Nc2cncc(C(=O)Nc3ccc(F)c(F)c3F)c2)cc1. The Labute approximate surface area is 159 Å². The van der Waals surface area contributed by atoms with E-state index in [1.807, 2.05) is 43.3 Å². The number of pyridine rings is 1. The number of amides is 1. The van der Waals surface area contributed by atoms with Crippen molar-refractivity contribution >= 4 is 28.7 Å². The highest BCUT2D eigenvalue weighted by molar-refractivity contribution is 6.04. The Kier molecular flexibility index (Phi) is 5.49. The van der Waals surface area contributed by atoms with Gasteiger partial charge < -0.3 is 15.5 Å². The average Bonchev–Trinajstić information content (AvgIpc) is 2.69. The largest absolute Gasteiger partial charge is 0.378 e. The molecule has 2 aromatic carbocycles. The number of carbonyl (C=O) groups excluding carboxylic acids is 1. The van der Waals surface area contributed by atoms with Crippen LogP contribution in [0.5, 0.6) is 0 Å². The number of rotatable bonds is 5. The smallest absolute Gasteiger partial charge is 0.257 e. The zero-order valence-electron chi connectivity index (χ0n) is 15.1. The molecule has 3 rings (SSSR count). The summed E-state index contributed by atoms with van der Waals surface area (Å²) < 4.78 is 40.0. The van der Waals surface area contributed by atoms with Crippen molar-refractivity contribution in [2.75, 3.05) is 29.6 Å². The lowest BCUT2D eigenvalue weighted by Crippen LogP contribution is -2.14. The van der Waals surface area contributed by atoms with E-state index in [9.17, 15) is 18.0 Å². The van der Waals surface area contributed by atoms with Crippen LogP contribution in [-0.2, 0) is 0 Å². The average molecular weight is 386 g/mol. The van der Waals surface area contributed by atoms with Gasteiger partial charge >= 0.3 is 0 Å². The molecule has 2 N–H and O–H groups in total. The number of aromatic nitrogens is 1. The summed E-state index contributed by atoms with van der Waals surface area (Å²) >= 11 is 0. The van der Waals surface area contributed by atoms with Crippen LogP contribution in [0.4, 0.5) is 35.9 Å². The van der Waals surface area contributed by atoms with Crippen LogP contribution >= 0.6 is 0 Å². The number of nitrogens with zero attached hydrogens (tertiary/aromatic N) is 2. The molecule has 0 spiro atoms. The zero-order valence-corrected chi connectivity index (χ0v) is 15.1.